The highest BCUT2D eigenvalue weighted by molar-refractivity contribution is 6.27. The monoisotopic (exact) mass is 330 g/mol. The molecule has 0 radical (unpaired) electrons. The Morgan fingerprint density at radius 1 is 1.17 bits per heavy atom. The molecular formula is C17H18N2O5. The van der Waals surface area contributed by atoms with Crippen molar-refractivity contribution < 1.29 is 23.9 Å². The van der Waals surface area contributed by atoms with Crippen LogP contribution in [0.1, 0.15) is 42.5 Å². The SMILES string of the molecule is COC(=O)c1c(C)nc(C)c2c1C(=O)C=C(N1CCOCC1)C2=O. The summed E-state index contributed by atoms with van der Waals surface area (Å²) >= 11 is 0. The summed E-state index contributed by atoms with van der Waals surface area (Å²) in [5.41, 5.74) is 1.49. The average Bonchev–Trinajstić information content (AvgIpc) is 2.57. The molecule has 1 aliphatic carbocycles. The molecule has 1 aromatic heterocycles. The third-order valence-electron chi connectivity index (χ3n) is 4.27. The van der Waals surface area contributed by atoms with E-state index < -0.39 is 5.97 Å². The fraction of sp³-hybridized carbons (Fsp3) is 0.412. The van der Waals surface area contributed by atoms with Gasteiger partial charge in [-0.25, -0.2) is 4.79 Å². The maximum absolute atomic E-state index is 13.0. The van der Waals surface area contributed by atoms with E-state index in [1.807, 2.05) is 4.90 Å². The summed E-state index contributed by atoms with van der Waals surface area (Å²) in [6.07, 6.45) is 1.31. The maximum Gasteiger partial charge on any atom is 0.340 e. The number of ketones is 2. The second kappa shape index (κ2) is 6.16. The molecule has 7 nitrogen and oxygen atoms in total. The predicted octanol–water partition coefficient (Wildman–Crippen LogP) is 1.08. The molecule has 1 fully saturated rings. The highest BCUT2D eigenvalue weighted by Crippen LogP contribution is 2.30. The third-order valence-corrected chi connectivity index (χ3v) is 4.27. The molecule has 0 amide bonds. The Balaban J connectivity index is 2.16. The van der Waals surface area contributed by atoms with Gasteiger partial charge in [-0.3, -0.25) is 14.6 Å². The summed E-state index contributed by atoms with van der Waals surface area (Å²) in [5, 5.41) is 0. The molecule has 0 spiro atoms. The van der Waals surface area contributed by atoms with Gasteiger partial charge in [0.05, 0.1) is 48.4 Å². The number of ether oxygens (including phenoxy) is 2. The molecule has 1 aromatic rings. The van der Waals surface area contributed by atoms with Crippen LogP contribution in [0.5, 0.6) is 0 Å². The van der Waals surface area contributed by atoms with Gasteiger partial charge in [0, 0.05) is 24.9 Å². The Morgan fingerprint density at radius 3 is 2.46 bits per heavy atom. The Labute approximate surface area is 139 Å². The summed E-state index contributed by atoms with van der Waals surface area (Å²) in [6.45, 7) is 5.39. The van der Waals surface area contributed by atoms with Crippen molar-refractivity contribution in [2.24, 2.45) is 0 Å². The summed E-state index contributed by atoms with van der Waals surface area (Å²) < 4.78 is 10.0. The second-order valence-electron chi connectivity index (χ2n) is 5.72. The second-order valence-corrected chi connectivity index (χ2v) is 5.72. The van der Waals surface area contributed by atoms with Gasteiger partial charge >= 0.3 is 5.97 Å². The van der Waals surface area contributed by atoms with E-state index in [2.05, 4.69) is 4.98 Å². The molecule has 0 atom stereocenters. The summed E-state index contributed by atoms with van der Waals surface area (Å²) in [7, 11) is 1.23. The van der Waals surface area contributed by atoms with E-state index in [1.54, 1.807) is 13.8 Å². The van der Waals surface area contributed by atoms with Gasteiger partial charge in [-0.15, -0.1) is 0 Å². The van der Waals surface area contributed by atoms with Crippen LogP contribution in [-0.2, 0) is 9.47 Å². The highest BCUT2D eigenvalue weighted by atomic mass is 16.5. The third kappa shape index (κ3) is 2.50. The number of methoxy groups -OCH3 is 1. The van der Waals surface area contributed by atoms with E-state index in [0.717, 1.165) is 0 Å². The number of allylic oxidation sites excluding steroid dienone is 2. The van der Waals surface area contributed by atoms with Gasteiger partial charge in [0.15, 0.2) is 5.78 Å². The summed E-state index contributed by atoms with van der Waals surface area (Å²) in [5.74, 6) is -1.33. The Bertz CT molecular complexity index is 776. The zero-order chi connectivity index (χ0) is 17.4. The lowest BCUT2D eigenvalue weighted by Gasteiger charge is -2.32. The fourth-order valence-corrected chi connectivity index (χ4v) is 3.16. The van der Waals surface area contributed by atoms with Crippen LogP contribution in [0.2, 0.25) is 0 Å². The normalized spacial score (nSPS) is 17.5. The first-order valence-corrected chi connectivity index (χ1v) is 7.68. The summed E-state index contributed by atoms with van der Waals surface area (Å²) in [4.78, 5) is 43.9. The molecule has 0 bridgehead atoms. The van der Waals surface area contributed by atoms with Crippen molar-refractivity contribution >= 4 is 17.5 Å². The number of morpholine rings is 1. The zero-order valence-corrected chi connectivity index (χ0v) is 13.8. The van der Waals surface area contributed by atoms with E-state index in [1.165, 1.54) is 13.2 Å². The molecule has 1 aliphatic heterocycles. The number of aryl methyl sites for hydroxylation is 2. The van der Waals surface area contributed by atoms with Crippen LogP contribution in [0.3, 0.4) is 0 Å². The highest BCUT2D eigenvalue weighted by Gasteiger charge is 2.36. The maximum atomic E-state index is 13.0. The molecule has 24 heavy (non-hydrogen) atoms. The molecule has 7 heteroatoms. The van der Waals surface area contributed by atoms with E-state index in [0.29, 0.717) is 43.4 Å². The minimum Gasteiger partial charge on any atom is -0.465 e. The van der Waals surface area contributed by atoms with Gasteiger partial charge in [-0.1, -0.05) is 0 Å². The first kappa shape index (κ1) is 16.3. The topological polar surface area (TPSA) is 85.8 Å². The molecule has 0 aromatic carbocycles. The van der Waals surface area contributed by atoms with Crippen LogP contribution >= 0.6 is 0 Å². The van der Waals surface area contributed by atoms with Crippen LogP contribution in [0.15, 0.2) is 11.8 Å². The van der Waals surface area contributed by atoms with Gasteiger partial charge in [-0.05, 0) is 13.8 Å². The van der Waals surface area contributed by atoms with Crippen LogP contribution in [0.25, 0.3) is 0 Å². The number of carbonyl (C=O) groups is 3. The van der Waals surface area contributed by atoms with Gasteiger partial charge in [0.2, 0.25) is 5.78 Å². The standard InChI is InChI=1S/C17H18N2O5/c1-9-13-15(14(10(2)18-9)17(22)23-3)12(20)8-11(16(13)21)19-4-6-24-7-5-19/h8H,4-7H2,1-3H3. The Kier molecular flexibility index (Phi) is 4.19. The first-order valence-electron chi connectivity index (χ1n) is 7.68. The number of aromatic nitrogens is 1. The Morgan fingerprint density at radius 2 is 1.83 bits per heavy atom. The molecular weight excluding hydrogens is 312 g/mol. The number of pyridine rings is 1. The molecule has 0 unspecified atom stereocenters. The molecule has 2 aliphatic rings. The van der Waals surface area contributed by atoms with Crippen molar-refractivity contribution in [1.82, 2.24) is 9.88 Å². The van der Waals surface area contributed by atoms with Crippen LogP contribution in [0, 0.1) is 13.8 Å². The number of esters is 1. The summed E-state index contributed by atoms with van der Waals surface area (Å²) in [6, 6.07) is 0. The lowest BCUT2D eigenvalue weighted by molar-refractivity contribution is 0.0501. The van der Waals surface area contributed by atoms with E-state index >= 15 is 0 Å². The number of hydrogen-bond donors (Lipinski definition) is 0. The number of carbonyl (C=O) groups excluding carboxylic acids is 3. The predicted molar refractivity (Wildman–Crippen MR) is 84.2 cm³/mol. The van der Waals surface area contributed by atoms with E-state index in [9.17, 15) is 14.4 Å². The van der Waals surface area contributed by atoms with Gasteiger partial charge in [0.1, 0.15) is 0 Å². The lowest BCUT2D eigenvalue weighted by Crippen LogP contribution is -2.40. The van der Waals surface area contributed by atoms with Crippen molar-refractivity contribution in [2.75, 3.05) is 33.4 Å². The quantitative estimate of drug-likeness (QED) is 0.750. The number of nitrogens with zero attached hydrogens (tertiary/aromatic N) is 2. The molecule has 2 heterocycles. The Hall–Kier alpha value is -2.54. The van der Waals surface area contributed by atoms with Crippen molar-refractivity contribution in [3.63, 3.8) is 0 Å². The zero-order valence-electron chi connectivity index (χ0n) is 13.8. The minimum atomic E-state index is -0.666. The molecule has 1 saturated heterocycles. The molecule has 0 N–H and O–H groups in total. The van der Waals surface area contributed by atoms with Crippen molar-refractivity contribution in [1.29, 1.82) is 0 Å². The van der Waals surface area contributed by atoms with Gasteiger partial charge in [0.25, 0.3) is 0 Å². The van der Waals surface area contributed by atoms with Gasteiger partial charge in [-0.2, -0.15) is 0 Å². The first-order chi connectivity index (χ1) is 11.5. The smallest absolute Gasteiger partial charge is 0.340 e. The van der Waals surface area contributed by atoms with Crippen LogP contribution < -0.4 is 0 Å². The van der Waals surface area contributed by atoms with E-state index in [4.69, 9.17) is 9.47 Å². The number of hydrogen-bond acceptors (Lipinski definition) is 7. The van der Waals surface area contributed by atoms with Crippen LogP contribution in [0.4, 0.5) is 0 Å². The van der Waals surface area contributed by atoms with Crippen molar-refractivity contribution in [3.05, 3.63) is 39.9 Å². The molecule has 126 valence electrons. The minimum absolute atomic E-state index is 0.0636. The number of fused-ring (bicyclic) bond motifs is 1. The molecule has 0 saturated carbocycles. The van der Waals surface area contributed by atoms with Crippen molar-refractivity contribution in [2.45, 2.75) is 13.8 Å². The van der Waals surface area contributed by atoms with Crippen LogP contribution in [-0.4, -0.2) is 60.8 Å². The van der Waals surface area contributed by atoms with Crippen molar-refractivity contribution in [3.8, 4) is 0 Å². The van der Waals surface area contributed by atoms with Gasteiger partial charge < -0.3 is 14.4 Å². The number of Topliss-reactive ketones (excluding diaryl/α,β-unsaturated/α-hetero) is 1. The largest absolute Gasteiger partial charge is 0.465 e. The fourth-order valence-electron chi connectivity index (χ4n) is 3.16. The number of rotatable bonds is 2. The van der Waals surface area contributed by atoms with E-state index in [-0.39, 0.29) is 28.3 Å². The molecule has 3 rings (SSSR count). The average molecular weight is 330 g/mol. The lowest BCUT2D eigenvalue weighted by atomic mass is 9.87.